The first-order chi connectivity index (χ1) is 34.8. The smallest absolute Gasteiger partial charge is 0.306 e. The number of allylic oxidation sites excluding steroid dienone is 1. The Morgan fingerprint density at radius 1 is 0.635 bits per heavy atom. The van der Waals surface area contributed by atoms with Crippen LogP contribution in [-0.2, 0) is 18.4 Å². The summed E-state index contributed by atoms with van der Waals surface area (Å²) in [7, 11) is -4.05. The molecule has 0 aromatic rings. The van der Waals surface area contributed by atoms with E-state index in [-0.39, 0.29) is 39.8 Å². The van der Waals surface area contributed by atoms with Gasteiger partial charge in [-0.1, -0.05) is 224 Å². The fourth-order valence-corrected chi connectivity index (χ4v) is 17.6. The van der Waals surface area contributed by atoms with Gasteiger partial charge in [0.2, 0.25) is 0 Å². The Bertz CT molecular complexity index is 1560. The Balaban J connectivity index is 1.44. The zero-order valence-electron chi connectivity index (χ0n) is 52.9. The molecule has 0 saturated heterocycles. The number of rotatable bonds is 36. The molecule has 0 bridgehead atoms. The van der Waals surface area contributed by atoms with Crippen molar-refractivity contribution in [2.45, 2.75) is 344 Å². The van der Waals surface area contributed by atoms with Gasteiger partial charge < -0.3 is 13.6 Å². The third-order valence-corrected chi connectivity index (χ3v) is 30.7. The van der Waals surface area contributed by atoms with E-state index in [9.17, 15) is 4.79 Å². The van der Waals surface area contributed by atoms with Crippen LogP contribution in [0.25, 0.3) is 0 Å². The normalized spacial score (nSPS) is 26.9. The number of carbonyl (C=O) groups excluding carboxylic acids is 1. The highest BCUT2D eigenvalue weighted by atomic mass is 28.4. The van der Waals surface area contributed by atoms with E-state index in [0.29, 0.717) is 11.8 Å². The molecule has 7 heteroatoms. The Labute approximate surface area is 464 Å². The van der Waals surface area contributed by atoms with Crippen LogP contribution in [0.2, 0.25) is 36.3 Å². The van der Waals surface area contributed by atoms with Crippen molar-refractivity contribution in [3.05, 3.63) is 11.6 Å². The average Bonchev–Trinajstić information content (AvgIpc) is 3.67. The third-order valence-electron chi connectivity index (χ3n) is 21.6. The van der Waals surface area contributed by atoms with Gasteiger partial charge in [-0.2, -0.15) is 0 Å². The van der Waals surface area contributed by atoms with Crippen LogP contribution in [0, 0.1) is 46.3 Å². The van der Waals surface area contributed by atoms with Crippen LogP contribution in [0.5, 0.6) is 0 Å². The molecule has 0 aliphatic heterocycles. The molecular formula is C67H129NO4Si2. The van der Waals surface area contributed by atoms with Gasteiger partial charge in [0, 0.05) is 25.9 Å². The molecule has 0 aromatic heterocycles. The van der Waals surface area contributed by atoms with Crippen LogP contribution < -0.4 is 0 Å². The van der Waals surface area contributed by atoms with Crippen molar-refractivity contribution in [1.82, 2.24) is 4.90 Å². The number of ether oxygens (including phenoxy) is 1. The van der Waals surface area contributed by atoms with Crippen LogP contribution >= 0.6 is 0 Å². The van der Waals surface area contributed by atoms with E-state index >= 15 is 0 Å². The molecule has 3 fully saturated rings. The quantitative estimate of drug-likeness (QED) is 0.0271. The largest absolute Gasteiger partial charge is 0.462 e. The summed E-state index contributed by atoms with van der Waals surface area (Å²) in [6.45, 7) is 44.2. The number of hydrogen-bond donors (Lipinski definition) is 0. The van der Waals surface area contributed by atoms with Gasteiger partial charge in [-0.15, -0.1) is 0 Å². The SMILES string of the molecule is CCCCCCCCCC[C@H](CN(CCCC(=O)O[C@H]1CC[C@@]2(C)C(=CCC3C2CC[C@@]2(C)C3CC[C@@H]2C(C)CCCC(C)C)C1)C[C@@H](CCCCCCCCCC)O[Si](C)(C)C(C)(C)C)O[Si](C)(C)C(C)(C)C. The van der Waals surface area contributed by atoms with Gasteiger partial charge in [0.25, 0.3) is 0 Å². The molecule has 0 aromatic carbocycles. The second kappa shape index (κ2) is 30.9. The number of unbranched alkanes of at least 4 members (excludes halogenated alkanes) is 14. The summed E-state index contributed by atoms with van der Waals surface area (Å²) in [6.07, 6.45) is 42.2. The number of fused-ring (bicyclic) bond motifs is 5. The minimum absolute atomic E-state index is 0.0156. The number of hydrogen-bond acceptors (Lipinski definition) is 5. The van der Waals surface area contributed by atoms with Crippen LogP contribution in [0.3, 0.4) is 0 Å². The molecular weight excluding hydrogens is 939 g/mol. The van der Waals surface area contributed by atoms with Gasteiger partial charge in [-0.05, 0) is 153 Å². The van der Waals surface area contributed by atoms with Crippen molar-refractivity contribution >= 4 is 22.6 Å². The maximum Gasteiger partial charge on any atom is 0.306 e. The molecule has 5 nitrogen and oxygen atoms in total. The van der Waals surface area contributed by atoms with E-state index in [2.05, 4.69) is 127 Å². The van der Waals surface area contributed by atoms with Crippen LogP contribution in [0.1, 0.15) is 289 Å². The summed E-state index contributed by atoms with van der Waals surface area (Å²) in [5.74, 6) is 5.08. The fraction of sp³-hybridized carbons (Fsp3) is 0.955. The highest BCUT2D eigenvalue weighted by Crippen LogP contribution is 2.67. The number of carbonyl (C=O) groups is 1. The second-order valence-corrected chi connectivity index (χ2v) is 39.5. The third kappa shape index (κ3) is 20.0. The summed E-state index contributed by atoms with van der Waals surface area (Å²) in [5.41, 5.74) is 2.41. The summed E-state index contributed by atoms with van der Waals surface area (Å²) in [6, 6.07) is 0. The molecule has 3 saturated carbocycles. The zero-order valence-corrected chi connectivity index (χ0v) is 54.9. The van der Waals surface area contributed by atoms with Gasteiger partial charge in [0.1, 0.15) is 6.10 Å². The van der Waals surface area contributed by atoms with Crippen molar-refractivity contribution in [3.8, 4) is 0 Å². The Kier molecular flexibility index (Phi) is 27.6. The highest BCUT2D eigenvalue weighted by molar-refractivity contribution is 6.74. The van der Waals surface area contributed by atoms with E-state index in [0.717, 1.165) is 87.2 Å². The molecule has 4 aliphatic carbocycles. The minimum Gasteiger partial charge on any atom is -0.462 e. The van der Waals surface area contributed by atoms with Gasteiger partial charge in [-0.3, -0.25) is 9.69 Å². The van der Waals surface area contributed by atoms with Crippen molar-refractivity contribution in [2.24, 2.45) is 46.3 Å². The molecule has 10 atom stereocenters. The number of esters is 1. The van der Waals surface area contributed by atoms with Crippen molar-refractivity contribution < 1.29 is 18.4 Å². The van der Waals surface area contributed by atoms with Gasteiger partial charge in [-0.25, -0.2) is 0 Å². The van der Waals surface area contributed by atoms with E-state index in [4.69, 9.17) is 13.6 Å². The van der Waals surface area contributed by atoms with Crippen molar-refractivity contribution in [3.63, 3.8) is 0 Å². The molecule has 0 radical (unpaired) electrons. The van der Waals surface area contributed by atoms with Crippen LogP contribution in [0.15, 0.2) is 11.6 Å². The van der Waals surface area contributed by atoms with Crippen molar-refractivity contribution in [2.75, 3.05) is 19.6 Å². The van der Waals surface area contributed by atoms with Crippen molar-refractivity contribution in [1.29, 1.82) is 0 Å². The molecule has 4 rings (SSSR count). The lowest BCUT2D eigenvalue weighted by Crippen LogP contribution is -2.51. The molecule has 0 spiro atoms. The maximum atomic E-state index is 14.0. The Hall–Kier alpha value is -0.476. The molecule has 434 valence electrons. The predicted molar refractivity (Wildman–Crippen MR) is 327 cm³/mol. The van der Waals surface area contributed by atoms with Gasteiger partial charge in [0.15, 0.2) is 16.6 Å². The zero-order chi connectivity index (χ0) is 54.8. The Morgan fingerprint density at radius 3 is 1.65 bits per heavy atom. The lowest BCUT2D eigenvalue weighted by molar-refractivity contribution is -0.151. The summed E-state index contributed by atoms with van der Waals surface area (Å²) in [4.78, 5) is 16.7. The first kappa shape index (κ1) is 66.0. The molecule has 0 amide bonds. The van der Waals surface area contributed by atoms with Gasteiger partial charge >= 0.3 is 5.97 Å². The monoisotopic (exact) mass is 1070 g/mol. The van der Waals surface area contributed by atoms with Crippen LogP contribution in [-0.4, -0.2) is 65.5 Å². The van der Waals surface area contributed by atoms with Crippen LogP contribution in [0.4, 0.5) is 0 Å². The molecule has 0 heterocycles. The van der Waals surface area contributed by atoms with E-state index in [1.807, 2.05) is 0 Å². The standard InChI is InChI=1S/C67H129NO4Si2/c1-18-20-22-24-26-28-30-32-38-57(71-73(14,15)64(6,7)8)51-68(52-58(72-74(16,17)65(9,10)11)39-33-31-29-27-25-23-21-19-2)49-35-40-63(69)70-56-45-47-66(12)55(50-56)41-42-59-61-44-43-60(54(5)37-34-36-53(3)4)67(61,13)48-46-62(59)66/h41,53-54,56-62H,18-40,42-52H2,1-17H3/t54?,56-,57+,58+,59?,60+,61?,62?,66-,67+/m0/s1. The lowest BCUT2D eigenvalue weighted by atomic mass is 9.47. The summed E-state index contributed by atoms with van der Waals surface area (Å²) in [5, 5.41) is 0.302. The average molecular weight is 1070 g/mol. The summed E-state index contributed by atoms with van der Waals surface area (Å²) >= 11 is 0. The number of nitrogens with zero attached hydrogens (tertiary/aromatic N) is 1. The lowest BCUT2D eigenvalue weighted by Gasteiger charge is -2.58. The van der Waals surface area contributed by atoms with E-state index in [1.54, 1.807) is 5.57 Å². The summed E-state index contributed by atoms with van der Waals surface area (Å²) < 4.78 is 21.4. The van der Waals surface area contributed by atoms with E-state index in [1.165, 1.54) is 161 Å². The molecule has 0 N–H and O–H groups in total. The predicted octanol–water partition coefficient (Wildman–Crippen LogP) is 20.9. The van der Waals surface area contributed by atoms with E-state index < -0.39 is 16.6 Å². The first-order valence-electron chi connectivity index (χ1n) is 32.7. The molecule has 4 unspecified atom stereocenters. The minimum atomic E-state index is -2.03. The van der Waals surface area contributed by atoms with Gasteiger partial charge in [0.05, 0.1) is 12.2 Å². The Morgan fingerprint density at radius 2 is 1.15 bits per heavy atom. The molecule has 74 heavy (non-hydrogen) atoms. The first-order valence-corrected chi connectivity index (χ1v) is 38.6. The fourth-order valence-electron chi connectivity index (χ4n) is 14.9. The second-order valence-electron chi connectivity index (χ2n) is 30.0. The highest BCUT2D eigenvalue weighted by Gasteiger charge is 2.59. The molecule has 4 aliphatic rings. The topological polar surface area (TPSA) is 48.0 Å². The maximum absolute atomic E-state index is 14.0.